The number of halogens is 4. The number of rotatable bonds is 8. The van der Waals surface area contributed by atoms with Crippen LogP contribution >= 0.6 is 63.7 Å². The highest BCUT2D eigenvalue weighted by atomic mass is 79.9. The Balaban J connectivity index is 0.000000307. The van der Waals surface area contributed by atoms with Gasteiger partial charge in [0.15, 0.2) is 0 Å². The summed E-state index contributed by atoms with van der Waals surface area (Å²) in [5.41, 5.74) is 0.275. The first-order valence-electron chi connectivity index (χ1n) is 12.4. The van der Waals surface area contributed by atoms with Gasteiger partial charge in [-0.15, -0.1) is 0 Å². The number of aliphatic carboxylic acids is 1. The van der Waals surface area contributed by atoms with Crippen LogP contribution in [0.3, 0.4) is 0 Å². The number of benzene rings is 2. The number of hydrogen-bond donors (Lipinski definition) is 1. The smallest absolute Gasteiger partial charge is 0.311 e. The van der Waals surface area contributed by atoms with E-state index in [1.807, 2.05) is 70.2 Å². The van der Waals surface area contributed by atoms with Gasteiger partial charge in [0.1, 0.15) is 17.6 Å². The molecule has 2 aromatic rings. The molecular weight excluding hydrogens is 774 g/mol. The van der Waals surface area contributed by atoms with E-state index in [9.17, 15) is 14.9 Å². The van der Waals surface area contributed by atoms with Crippen LogP contribution in [-0.2, 0) is 14.3 Å². The van der Waals surface area contributed by atoms with Crippen molar-refractivity contribution < 1.29 is 24.2 Å². The minimum atomic E-state index is -0.986. The average molecular weight is 803 g/mol. The summed E-state index contributed by atoms with van der Waals surface area (Å²) in [6.45, 7) is 7.96. The maximum absolute atomic E-state index is 12.7. The number of carboxylic acid groups (broad SMARTS) is 1. The van der Waals surface area contributed by atoms with Gasteiger partial charge in [0.05, 0.1) is 18.6 Å². The fourth-order valence-corrected chi connectivity index (χ4v) is 6.03. The van der Waals surface area contributed by atoms with E-state index in [4.69, 9.17) is 14.6 Å². The fourth-order valence-electron chi connectivity index (χ4n) is 4.89. The van der Waals surface area contributed by atoms with Crippen molar-refractivity contribution >= 4 is 75.7 Å². The van der Waals surface area contributed by atoms with Gasteiger partial charge < -0.3 is 14.6 Å². The zero-order valence-electron chi connectivity index (χ0n) is 22.3. The lowest BCUT2D eigenvalue weighted by Crippen LogP contribution is -2.14. The molecule has 0 radical (unpaired) electrons. The van der Waals surface area contributed by atoms with Crippen molar-refractivity contribution in [3.05, 3.63) is 79.1 Å². The van der Waals surface area contributed by atoms with Gasteiger partial charge in [-0.1, -0.05) is 70.2 Å². The Morgan fingerprint density at radius 1 is 0.875 bits per heavy atom. The van der Waals surface area contributed by atoms with E-state index < -0.39 is 12.1 Å². The molecule has 2 fully saturated rings. The van der Waals surface area contributed by atoms with Gasteiger partial charge in [0, 0.05) is 5.56 Å². The van der Waals surface area contributed by atoms with Crippen molar-refractivity contribution in [1.82, 2.24) is 0 Å². The molecule has 0 heterocycles. The number of para-hydroxylation sites is 1. The lowest BCUT2D eigenvalue weighted by Gasteiger charge is -2.13. The van der Waals surface area contributed by atoms with Gasteiger partial charge in [-0.3, -0.25) is 9.59 Å². The maximum atomic E-state index is 12.7. The molecule has 10 heteroatoms. The molecule has 6 nitrogen and oxygen atoms in total. The number of esters is 1. The quantitative estimate of drug-likeness (QED) is 0.267. The molecule has 212 valence electrons. The van der Waals surface area contributed by atoms with Crippen LogP contribution in [-0.4, -0.2) is 17.0 Å². The van der Waals surface area contributed by atoms with E-state index in [2.05, 4.69) is 69.8 Å². The normalized spacial score (nSPS) is 23.6. The summed E-state index contributed by atoms with van der Waals surface area (Å²) in [6.07, 6.45) is 2.86. The van der Waals surface area contributed by atoms with E-state index in [1.165, 1.54) is 0 Å². The average Bonchev–Trinajstić information content (AvgIpc) is 3.63. The Bertz CT molecular complexity index is 1340. The maximum Gasteiger partial charge on any atom is 0.311 e. The molecule has 2 unspecified atom stereocenters. The molecule has 1 N–H and O–H groups in total. The van der Waals surface area contributed by atoms with Gasteiger partial charge in [-0.2, -0.15) is 5.26 Å². The van der Waals surface area contributed by atoms with Crippen LogP contribution < -0.4 is 4.74 Å². The van der Waals surface area contributed by atoms with Crippen LogP contribution in [0.4, 0.5) is 0 Å². The first kappa shape index (κ1) is 32.6. The summed E-state index contributed by atoms with van der Waals surface area (Å²) in [5, 5.41) is 18.4. The van der Waals surface area contributed by atoms with Crippen LogP contribution in [0.15, 0.2) is 73.5 Å². The Kier molecular flexibility index (Phi) is 10.9. The number of nitrogens with zero attached hydrogens (tertiary/aromatic N) is 1. The molecule has 0 spiro atoms. The largest absolute Gasteiger partial charge is 0.481 e. The second kappa shape index (κ2) is 13.4. The zero-order valence-corrected chi connectivity index (χ0v) is 28.6. The highest BCUT2D eigenvalue weighted by Crippen LogP contribution is 2.61. The van der Waals surface area contributed by atoms with Crippen LogP contribution in [0.2, 0.25) is 0 Å². The molecule has 0 aliphatic heterocycles. The first-order valence-corrected chi connectivity index (χ1v) is 15.6. The number of ether oxygens (including phenoxy) is 2. The molecule has 4 rings (SSSR count). The SMILES string of the molecule is CC1(C)C(C=C(Br)Br)C1C(=O)O.CC1(C)[C@H](C(=O)O[C@H](C#N)c2cccc(Oc3ccccc3)c2)[C@@H]1C=C(Br)Br. The topological polar surface area (TPSA) is 96.6 Å². The second-order valence-electron chi connectivity index (χ2n) is 10.8. The highest BCUT2D eigenvalue weighted by Gasteiger charge is 2.62. The fraction of sp³-hybridized carbons (Fsp3) is 0.367. The van der Waals surface area contributed by atoms with Crippen LogP contribution in [0, 0.1) is 45.8 Å². The number of carbonyl (C=O) groups excluding carboxylic acids is 1. The van der Waals surface area contributed by atoms with Gasteiger partial charge >= 0.3 is 11.9 Å². The predicted octanol–water partition coefficient (Wildman–Crippen LogP) is 9.46. The van der Waals surface area contributed by atoms with Gasteiger partial charge in [0.25, 0.3) is 0 Å². The third kappa shape index (κ3) is 8.09. The van der Waals surface area contributed by atoms with Crippen molar-refractivity contribution in [3.63, 3.8) is 0 Å². The minimum Gasteiger partial charge on any atom is -0.481 e. The lowest BCUT2D eigenvalue weighted by atomic mass is 10.1. The third-order valence-corrected chi connectivity index (χ3v) is 8.50. The molecule has 2 aromatic carbocycles. The number of carboxylic acids is 1. The minimum absolute atomic E-state index is 0.0563. The van der Waals surface area contributed by atoms with E-state index in [0.717, 1.165) is 6.78 Å². The Morgan fingerprint density at radius 3 is 1.90 bits per heavy atom. The number of allylic oxidation sites excluding steroid dienone is 2. The summed E-state index contributed by atoms with van der Waals surface area (Å²) >= 11 is 13.1. The molecule has 0 saturated heterocycles. The molecule has 0 amide bonds. The van der Waals surface area contributed by atoms with Gasteiger partial charge in [0.2, 0.25) is 6.10 Å². The Morgan fingerprint density at radius 2 is 1.40 bits per heavy atom. The van der Waals surface area contributed by atoms with Crippen molar-refractivity contribution in [3.8, 4) is 17.6 Å². The summed E-state index contributed by atoms with van der Waals surface area (Å²) in [4.78, 5) is 23.4. The Labute approximate surface area is 268 Å². The number of hydrogen-bond acceptors (Lipinski definition) is 5. The standard InChI is InChI=1S/C22H19Br2NO3.C8H10Br2O2/c1-22(2)17(12-19(23)24)20(22)21(26)28-18(13-25)14-7-6-10-16(11-14)27-15-8-4-3-5-9-15;1-8(2)4(3-5(9)10)6(8)7(11)12/h3-12,17-18,20H,1-2H3;3-4,6H,1-2H3,(H,11,12)/t17-,18+,20-;/m0./s1. The second-order valence-corrected chi connectivity index (χ2v) is 16.4. The number of nitriles is 1. The summed E-state index contributed by atoms with van der Waals surface area (Å²) < 4.78 is 13.0. The predicted molar refractivity (Wildman–Crippen MR) is 168 cm³/mol. The molecule has 0 bridgehead atoms. The lowest BCUT2D eigenvalue weighted by molar-refractivity contribution is -0.149. The molecule has 0 aromatic heterocycles. The van der Waals surface area contributed by atoms with E-state index >= 15 is 0 Å². The Hall–Kier alpha value is -1.93. The molecular formula is C30H29Br4NO5. The highest BCUT2D eigenvalue weighted by molar-refractivity contribution is 9.28. The third-order valence-electron chi connectivity index (χ3n) is 7.44. The van der Waals surface area contributed by atoms with E-state index in [1.54, 1.807) is 24.3 Å². The first-order chi connectivity index (χ1) is 18.7. The van der Waals surface area contributed by atoms with Crippen LogP contribution in [0.5, 0.6) is 11.5 Å². The molecule has 2 saturated carbocycles. The molecule has 2 aliphatic rings. The van der Waals surface area contributed by atoms with E-state index in [0.29, 0.717) is 17.1 Å². The summed E-state index contributed by atoms with van der Waals surface area (Å²) in [5.74, 6) is -0.115. The van der Waals surface area contributed by atoms with Crippen LogP contribution in [0.25, 0.3) is 0 Å². The van der Waals surface area contributed by atoms with Crippen LogP contribution in [0.1, 0.15) is 39.4 Å². The number of carbonyl (C=O) groups is 2. The molecule has 40 heavy (non-hydrogen) atoms. The molecule has 5 atom stereocenters. The summed E-state index contributed by atoms with van der Waals surface area (Å²) in [6, 6.07) is 18.5. The van der Waals surface area contributed by atoms with Crippen molar-refractivity contribution in [2.75, 3.05) is 0 Å². The van der Waals surface area contributed by atoms with Gasteiger partial charge in [-0.25, -0.2) is 0 Å². The van der Waals surface area contributed by atoms with Crippen molar-refractivity contribution in [2.45, 2.75) is 33.8 Å². The van der Waals surface area contributed by atoms with Crippen molar-refractivity contribution in [1.29, 1.82) is 5.26 Å². The van der Waals surface area contributed by atoms with Crippen molar-refractivity contribution in [2.24, 2.45) is 34.5 Å². The monoisotopic (exact) mass is 799 g/mol. The van der Waals surface area contributed by atoms with Gasteiger partial charge in [-0.05, 0) is 111 Å². The van der Waals surface area contributed by atoms with E-state index in [-0.39, 0.29) is 40.5 Å². The summed E-state index contributed by atoms with van der Waals surface area (Å²) in [7, 11) is 0. The zero-order chi connectivity index (χ0) is 29.8. The molecule has 2 aliphatic carbocycles.